The zero-order valence-electron chi connectivity index (χ0n) is 7.68. The molecule has 2 aromatic heterocycles. The second kappa shape index (κ2) is 4.61. The van der Waals surface area contributed by atoms with Gasteiger partial charge in [-0.2, -0.15) is 0 Å². The number of nitrogens with zero attached hydrogens (tertiary/aromatic N) is 1. The predicted octanol–water partition coefficient (Wildman–Crippen LogP) is 2.20. The van der Waals surface area contributed by atoms with E-state index in [1.165, 1.54) is 6.07 Å². The third kappa shape index (κ3) is 2.35. The molecule has 0 saturated carbocycles. The fraction of sp³-hybridized carbons (Fsp3) is 0. The lowest BCUT2D eigenvalue weighted by Crippen LogP contribution is -1.95. The highest BCUT2D eigenvalue weighted by atomic mass is 35.5. The van der Waals surface area contributed by atoms with E-state index < -0.39 is 5.97 Å². The third-order valence-electron chi connectivity index (χ3n) is 1.89. The standard InChI is InChI=1S/C10H8N2O2.ClH/c13-10(14)9-4-3-8(12-9)7-2-1-5-11-6-7;/h1-6,12H,(H,13,14);1H. The quantitative estimate of drug-likeness (QED) is 0.822. The van der Waals surface area contributed by atoms with Crippen LogP contribution in [0.15, 0.2) is 36.7 Å². The number of pyridine rings is 1. The van der Waals surface area contributed by atoms with Crippen molar-refractivity contribution < 1.29 is 9.90 Å². The number of aromatic amines is 1. The summed E-state index contributed by atoms with van der Waals surface area (Å²) < 4.78 is 0. The van der Waals surface area contributed by atoms with Crippen molar-refractivity contribution in [2.45, 2.75) is 0 Å². The fourth-order valence-corrected chi connectivity index (χ4v) is 1.21. The summed E-state index contributed by atoms with van der Waals surface area (Å²) in [7, 11) is 0. The monoisotopic (exact) mass is 224 g/mol. The molecule has 0 aliphatic rings. The minimum Gasteiger partial charge on any atom is -0.477 e. The molecule has 0 fully saturated rings. The lowest BCUT2D eigenvalue weighted by atomic mass is 10.2. The maximum Gasteiger partial charge on any atom is 0.352 e. The van der Waals surface area contributed by atoms with Crippen LogP contribution in [-0.4, -0.2) is 21.0 Å². The first-order valence-corrected chi connectivity index (χ1v) is 4.10. The number of H-pyrrole nitrogens is 1. The lowest BCUT2D eigenvalue weighted by molar-refractivity contribution is 0.0691. The van der Waals surface area contributed by atoms with Crippen LogP contribution in [0, 0.1) is 0 Å². The first-order valence-electron chi connectivity index (χ1n) is 4.10. The molecule has 0 atom stereocenters. The number of carboxylic acids is 1. The van der Waals surface area contributed by atoms with Crippen LogP contribution in [0.5, 0.6) is 0 Å². The summed E-state index contributed by atoms with van der Waals surface area (Å²) in [4.78, 5) is 17.3. The first kappa shape index (κ1) is 11.3. The molecule has 0 spiro atoms. The molecule has 0 aliphatic carbocycles. The van der Waals surface area contributed by atoms with Crippen LogP contribution < -0.4 is 0 Å². The van der Waals surface area contributed by atoms with Gasteiger partial charge in [-0.05, 0) is 24.3 Å². The molecular weight excluding hydrogens is 216 g/mol. The van der Waals surface area contributed by atoms with Gasteiger partial charge in [0.1, 0.15) is 5.69 Å². The number of hydrogen-bond donors (Lipinski definition) is 2. The van der Waals surface area contributed by atoms with Gasteiger partial charge in [0, 0.05) is 23.7 Å². The number of rotatable bonds is 2. The van der Waals surface area contributed by atoms with Crippen molar-refractivity contribution in [3.63, 3.8) is 0 Å². The average Bonchev–Trinajstić information content (AvgIpc) is 2.68. The Kier molecular flexibility index (Phi) is 3.46. The molecule has 2 aromatic rings. The van der Waals surface area contributed by atoms with Crippen molar-refractivity contribution >= 4 is 18.4 Å². The van der Waals surface area contributed by atoms with Gasteiger partial charge in [-0.25, -0.2) is 4.79 Å². The number of carbonyl (C=O) groups is 1. The van der Waals surface area contributed by atoms with Crippen LogP contribution in [-0.2, 0) is 0 Å². The Bertz CT molecular complexity index is 453. The molecule has 0 unspecified atom stereocenters. The molecule has 0 aromatic carbocycles. The zero-order chi connectivity index (χ0) is 9.97. The number of aromatic nitrogens is 2. The fourth-order valence-electron chi connectivity index (χ4n) is 1.21. The van der Waals surface area contributed by atoms with Crippen LogP contribution in [0.3, 0.4) is 0 Å². The van der Waals surface area contributed by atoms with Crippen molar-refractivity contribution in [3.05, 3.63) is 42.4 Å². The molecule has 0 aliphatic heterocycles. The molecule has 5 heteroatoms. The molecule has 0 radical (unpaired) electrons. The molecule has 78 valence electrons. The van der Waals surface area contributed by atoms with E-state index in [9.17, 15) is 4.79 Å². The van der Waals surface area contributed by atoms with Gasteiger partial charge >= 0.3 is 5.97 Å². The molecule has 2 rings (SSSR count). The van der Waals surface area contributed by atoms with Crippen molar-refractivity contribution in [2.24, 2.45) is 0 Å². The Morgan fingerprint density at radius 2 is 2.13 bits per heavy atom. The molecule has 2 N–H and O–H groups in total. The van der Waals surface area contributed by atoms with Crippen LogP contribution in [0.1, 0.15) is 10.5 Å². The van der Waals surface area contributed by atoms with E-state index in [0.717, 1.165) is 11.3 Å². The van der Waals surface area contributed by atoms with Gasteiger partial charge in [0.25, 0.3) is 0 Å². The second-order valence-electron chi connectivity index (χ2n) is 2.83. The van der Waals surface area contributed by atoms with Gasteiger partial charge in [-0.1, -0.05) is 0 Å². The average molecular weight is 225 g/mol. The summed E-state index contributed by atoms with van der Waals surface area (Å²) in [5.74, 6) is -0.958. The zero-order valence-corrected chi connectivity index (χ0v) is 8.49. The molecular formula is C10H9ClN2O2. The topological polar surface area (TPSA) is 66.0 Å². The van der Waals surface area contributed by atoms with Gasteiger partial charge in [0.15, 0.2) is 0 Å². The number of nitrogens with one attached hydrogen (secondary N) is 1. The first-order chi connectivity index (χ1) is 6.77. The Hall–Kier alpha value is -1.81. The van der Waals surface area contributed by atoms with Crippen LogP contribution >= 0.6 is 12.4 Å². The number of aromatic carboxylic acids is 1. The van der Waals surface area contributed by atoms with Gasteiger partial charge in [0.2, 0.25) is 0 Å². The molecule has 4 nitrogen and oxygen atoms in total. The van der Waals surface area contributed by atoms with Gasteiger partial charge < -0.3 is 10.1 Å². The van der Waals surface area contributed by atoms with Crippen molar-refractivity contribution in [2.75, 3.05) is 0 Å². The number of halogens is 1. The van der Waals surface area contributed by atoms with Gasteiger partial charge in [-0.15, -0.1) is 12.4 Å². The maximum atomic E-state index is 10.6. The molecule has 0 bridgehead atoms. The normalized spacial score (nSPS) is 9.33. The Labute approximate surface area is 92.4 Å². The highest BCUT2D eigenvalue weighted by Crippen LogP contribution is 2.16. The van der Waals surface area contributed by atoms with Crippen molar-refractivity contribution in [1.29, 1.82) is 0 Å². The van der Waals surface area contributed by atoms with E-state index in [-0.39, 0.29) is 18.1 Å². The lowest BCUT2D eigenvalue weighted by Gasteiger charge is -1.95. The number of hydrogen-bond acceptors (Lipinski definition) is 2. The summed E-state index contributed by atoms with van der Waals surface area (Å²) in [6.07, 6.45) is 3.35. The van der Waals surface area contributed by atoms with Crippen molar-refractivity contribution in [1.82, 2.24) is 9.97 Å². The van der Waals surface area contributed by atoms with Crippen LogP contribution in [0.4, 0.5) is 0 Å². The van der Waals surface area contributed by atoms with E-state index in [0.29, 0.717) is 0 Å². The van der Waals surface area contributed by atoms with E-state index in [4.69, 9.17) is 5.11 Å². The third-order valence-corrected chi connectivity index (χ3v) is 1.89. The Morgan fingerprint density at radius 3 is 2.67 bits per heavy atom. The van der Waals surface area contributed by atoms with Crippen molar-refractivity contribution in [3.8, 4) is 11.3 Å². The molecule has 15 heavy (non-hydrogen) atoms. The van der Waals surface area contributed by atoms with Crippen LogP contribution in [0.25, 0.3) is 11.3 Å². The minimum atomic E-state index is -0.958. The summed E-state index contributed by atoms with van der Waals surface area (Å²) in [5.41, 5.74) is 1.82. The van der Waals surface area contributed by atoms with Gasteiger partial charge in [-0.3, -0.25) is 4.98 Å². The highest BCUT2D eigenvalue weighted by molar-refractivity contribution is 5.86. The van der Waals surface area contributed by atoms with E-state index >= 15 is 0 Å². The van der Waals surface area contributed by atoms with E-state index in [1.54, 1.807) is 24.5 Å². The Morgan fingerprint density at radius 1 is 1.33 bits per heavy atom. The minimum absolute atomic E-state index is 0. The smallest absolute Gasteiger partial charge is 0.352 e. The second-order valence-corrected chi connectivity index (χ2v) is 2.83. The van der Waals surface area contributed by atoms with E-state index in [1.807, 2.05) is 6.07 Å². The predicted molar refractivity (Wildman–Crippen MR) is 58.2 cm³/mol. The summed E-state index contributed by atoms with van der Waals surface area (Å²) in [5, 5.41) is 8.70. The highest BCUT2D eigenvalue weighted by Gasteiger charge is 2.06. The molecule has 2 heterocycles. The number of carboxylic acid groups (broad SMARTS) is 1. The SMILES string of the molecule is Cl.O=C(O)c1ccc(-c2cccnc2)[nH]1. The largest absolute Gasteiger partial charge is 0.477 e. The maximum absolute atomic E-state index is 10.6. The van der Waals surface area contributed by atoms with Crippen LogP contribution in [0.2, 0.25) is 0 Å². The molecule has 0 amide bonds. The summed E-state index contributed by atoms with van der Waals surface area (Å²) in [6, 6.07) is 6.92. The van der Waals surface area contributed by atoms with E-state index in [2.05, 4.69) is 9.97 Å². The summed E-state index contributed by atoms with van der Waals surface area (Å²) in [6.45, 7) is 0. The Balaban J connectivity index is 0.00000112. The van der Waals surface area contributed by atoms with Gasteiger partial charge in [0.05, 0.1) is 0 Å². The summed E-state index contributed by atoms with van der Waals surface area (Å²) >= 11 is 0. The molecule has 0 saturated heterocycles.